The number of hydrogen-bond donors (Lipinski definition) is 0. The summed E-state index contributed by atoms with van der Waals surface area (Å²) in [4.78, 5) is 19.7. The highest BCUT2D eigenvalue weighted by Gasteiger charge is 2.28. The number of likely N-dealkylation sites (tertiary alicyclic amines) is 2. The van der Waals surface area contributed by atoms with Crippen LogP contribution in [0.15, 0.2) is 66.4 Å². The molecule has 2 saturated heterocycles. The van der Waals surface area contributed by atoms with Crippen molar-refractivity contribution in [1.29, 1.82) is 0 Å². The molecule has 0 atom stereocenters. The van der Waals surface area contributed by atoms with E-state index < -0.39 is 11.6 Å². The molecule has 2 fully saturated rings. The molecule has 0 unspecified atom stereocenters. The van der Waals surface area contributed by atoms with Gasteiger partial charge in [0.25, 0.3) is 5.91 Å². The maximum Gasteiger partial charge on any atom is 0.255 e. The third kappa shape index (κ3) is 6.58. The van der Waals surface area contributed by atoms with Gasteiger partial charge in [-0.05, 0) is 49.6 Å². The predicted octanol–water partition coefficient (Wildman–Crippen LogP) is 5.06. The minimum absolute atomic E-state index is 0.0836. The number of amides is 1. The van der Waals surface area contributed by atoms with Gasteiger partial charge < -0.3 is 14.5 Å². The Kier molecular flexibility index (Phi) is 7.89. The van der Waals surface area contributed by atoms with Crippen LogP contribution in [-0.2, 0) is 11.3 Å². The lowest BCUT2D eigenvalue weighted by atomic mass is 10.0. The van der Waals surface area contributed by atoms with E-state index in [0.717, 1.165) is 62.7 Å². The van der Waals surface area contributed by atoms with Crippen molar-refractivity contribution in [1.82, 2.24) is 14.7 Å². The summed E-state index contributed by atoms with van der Waals surface area (Å²) in [5, 5.41) is 0. The summed E-state index contributed by atoms with van der Waals surface area (Å²) in [5.74, 6) is -0.0935. The van der Waals surface area contributed by atoms with Crippen LogP contribution < -0.4 is 4.74 Å². The number of ether oxygens (including phenoxy) is 1. The second-order valence-corrected chi connectivity index (χ2v) is 10.4. The molecule has 0 bridgehead atoms. The van der Waals surface area contributed by atoms with Crippen LogP contribution in [0.25, 0.3) is 0 Å². The van der Waals surface area contributed by atoms with Crippen molar-refractivity contribution in [2.75, 3.05) is 32.7 Å². The fraction of sp³-hybridized carbons (Fsp3) is 0.433. The number of carbonyl (C=O) groups is 1. The molecule has 0 N–H and O–H groups in total. The van der Waals surface area contributed by atoms with Crippen molar-refractivity contribution in [3.05, 3.63) is 89.2 Å². The van der Waals surface area contributed by atoms with Crippen LogP contribution in [0.2, 0.25) is 0 Å². The smallest absolute Gasteiger partial charge is 0.255 e. The molecule has 37 heavy (non-hydrogen) atoms. The van der Waals surface area contributed by atoms with Gasteiger partial charge in [0, 0.05) is 70.4 Å². The second-order valence-electron chi connectivity index (χ2n) is 10.4. The third-order valence-corrected chi connectivity index (χ3v) is 7.57. The van der Waals surface area contributed by atoms with E-state index in [9.17, 15) is 13.6 Å². The molecule has 1 amide bonds. The number of rotatable bonds is 6. The lowest BCUT2D eigenvalue weighted by Gasteiger charge is -2.39. The molecule has 3 aliphatic rings. The van der Waals surface area contributed by atoms with Gasteiger partial charge in [0.2, 0.25) is 0 Å². The number of halogens is 2. The first kappa shape index (κ1) is 25.5. The van der Waals surface area contributed by atoms with Crippen LogP contribution in [-0.4, -0.2) is 65.5 Å². The van der Waals surface area contributed by atoms with Gasteiger partial charge in [-0.2, -0.15) is 0 Å². The van der Waals surface area contributed by atoms with E-state index >= 15 is 0 Å². The van der Waals surface area contributed by atoms with Crippen LogP contribution >= 0.6 is 0 Å². The number of carbonyl (C=O) groups excluding carboxylic acids is 1. The highest BCUT2D eigenvalue weighted by atomic mass is 19.1. The molecule has 0 aromatic heterocycles. The first-order chi connectivity index (χ1) is 17.9. The standard InChI is InChI=1S/C30H35F2N3O2/c1-22-4-6-28(7-5-22)37-29-10-15-34(16-11-29)30(36)24-3-2-12-35(21-24)27-8-13-33(14-9-27)20-23-17-25(31)19-26(32)18-23/h2-7,17-19,21,27,29H,8-16,20H2,1H3. The number of piperidine rings is 2. The van der Waals surface area contributed by atoms with Gasteiger partial charge in [0.15, 0.2) is 0 Å². The van der Waals surface area contributed by atoms with E-state index in [2.05, 4.69) is 34.9 Å². The molecule has 2 aromatic rings. The van der Waals surface area contributed by atoms with Gasteiger partial charge in [-0.15, -0.1) is 0 Å². The lowest BCUT2D eigenvalue weighted by Crippen LogP contribution is -2.45. The number of hydrogen-bond acceptors (Lipinski definition) is 4. The summed E-state index contributed by atoms with van der Waals surface area (Å²) < 4.78 is 33.2. The summed E-state index contributed by atoms with van der Waals surface area (Å²) >= 11 is 0. The highest BCUT2D eigenvalue weighted by Crippen LogP contribution is 2.24. The van der Waals surface area contributed by atoms with Gasteiger partial charge in [-0.25, -0.2) is 8.78 Å². The molecule has 3 aliphatic heterocycles. The monoisotopic (exact) mass is 507 g/mol. The quantitative estimate of drug-likeness (QED) is 0.548. The average molecular weight is 508 g/mol. The molecule has 0 spiro atoms. The Balaban J connectivity index is 1.11. The summed E-state index contributed by atoms with van der Waals surface area (Å²) in [7, 11) is 0. The topological polar surface area (TPSA) is 36.0 Å². The van der Waals surface area contributed by atoms with E-state index in [1.165, 1.54) is 17.7 Å². The summed E-state index contributed by atoms with van der Waals surface area (Å²) in [5.41, 5.74) is 2.61. The number of nitrogens with zero attached hydrogens (tertiary/aromatic N) is 3. The summed E-state index contributed by atoms with van der Waals surface area (Å²) in [6, 6.07) is 12.2. The van der Waals surface area contributed by atoms with Gasteiger partial charge >= 0.3 is 0 Å². The fourth-order valence-corrected chi connectivity index (χ4v) is 5.49. The maximum absolute atomic E-state index is 13.5. The third-order valence-electron chi connectivity index (χ3n) is 7.57. The fourth-order valence-electron chi connectivity index (χ4n) is 5.49. The van der Waals surface area contributed by atoms with Gasteiger partial charge in [-0.1, -0.05) is 29.8 Å². The molecule has 5 rings (SSSR count). The minimum Gasteiger partial charge on any atom is -0.490 e. The first-order valence-electron chi connectivity index (χ1n) is 13.3. The van der Waals surface area contributed by atoms with Crippen LogP contribution in [0, 0.1) is 18.6 Å². The van der Waals surface area contributed by atoms with Crippen molar-refractivity contribution in [2.45, 2.75) is 51.3 Å². The zero-order chi connectivity index (χ0) is 25.8. The van der Waals surface area contributed by atoms with Crippen LogP contribution in [0.3, 0.4) is 0 Å². The average Bonchev–Trinajstić information content (AvgIpc) is 2.90. The molecule has 2 aromatic carbocycles. The Hall–Kier alpha value is -3.19. The SMILES string of the molecule is Cc1ccc(OC2CCN(C(=O)C3=CN(C4CCN(Cc5cc(F)cc(F)c5)CC4)CC=C3)CC2)cc1. The zero-order valence-corrected chi connectivity index (χ0v) is 21.4. The van der Waals surface area contributed by atoms with Crippen LogP contribution in [0.5, 0.6) is 5.75 Å². The largest absolute Gasteiger partial charge is 0.490 e. The molecule has 0 saturated carbocycles. The maximum atomic E-state index is 13.5. The van der Waals surface area contributed by atoms with E-state index in [1.54, 1.807) is 0 Å². The molecule has 7 heteroatoms. The summed E-state index contributed by atoms with van der Waals surface area (Å²) in [6.45, 7) is 6.50. The normalized spacial score (nSPS) is 19.7. The Morgan fingerprint density at radius 3 is 2.30 bits per heavy atom. The molecule has 0 radical (unpaired) electrons. The Labute approximate surface area is 218 Å². The second kappa shape index (κ2) is 11.5. The Morgan fingerprint density at radius 2 is 1.62 bits per heavy atom. The molecule has 5 nitrogen and oxygen atoms in total. The van der Waals surface area contributed by atoms with E-state index in [1.807, 2.05) is 29.3 Å². The predicted molar refractivity (Wildman–Crippen MR) is 140 cm³/mol. The number of benzene rings is 2. The molecular formula is C30H35F2N3O2. The minimum atomic E-state index is -0.532. The van der Waals surface area contributed by atoms with E-state index in [0.29, 0.717) is 31.2 Å². The highest BCUT2D eigenvalue weighted by molar-refractivity contribution is 5.96. The van der Waals surface area contributed by atoms with E-state index in [4.69, 9.17) is 4.74 Å². The van der Waals surface area contributed by atoms with Crippen molar-refractivity contribution in [3.8, 4) is 5.75 Å². The van der Waals surface area contributed by atoms with Gasteiger partial charge in [0.05, 0.1) is 5.57 Å². The molecule has 0 aliphatic carbocycles. The first-order valence-corrected chi connectivity index (χ1v) is 13.3. The van der Waals surface area contributed by atoms with Crippen molar-refractivity contribution >= 4 is 5.91 Å². The number of aryl methyl sites for hydroxylation is 1. The van der Waals surface area contributed by atoms with Crippen LogP contribution in [0.1, 0.15) is 36.8 Å². The van der Waals surface area contributed by atoms with Gasteiger partial charge in [0.1, 0.15) is 23.5 Å². The lowest BCUT2D eigenvalue weighted by molar-refractivity contribution is -0.128. The molecular weight excluding hydrogens is 472 g/mol. The van der Waals surface area contributed by atoms with Gasteiger partial charge in [-0.3, -0.25) is 9.69 Å². The van der Waals surface area contributed by atoms with Crippen molar-refractivity contribution in [2.24, 2.45) is 0 Å². The Morgan fingerprint density at radius 1 is 0.946 bits per heavy atom. The Bertz CT molecular complexity index is 1130. The van der Waals surface area contributed by atoms with E-state index in [-0.39, 0.29) is 12.0 Å². The summed E-state index contributed by atoms with van der Waals surface area (Å²) in [6.07, 6.45) is 9.73. The van der Waals surface area contributed by atoms with Crippen molar-refractivity contribution in [3.63, 3.8) is 0 Å². The molecule has 3 heterocycles. The van der Waals surface area contributed by atoms with Crippen molar-refractivity contribution < 1.29 is 18.3 Å². The zero-order valence-electron chi connectivity index (χ0n) is 21.4. The molecule has 196 valence electrons. The van der Waals surface area contributed by atoms with Crippen LogP contribution in [0.4, 0.5) is 8.78 Å².